The molecule has 1 nitrogen and oxygen atoms in total. The van der Waals surface area contributed by atoms with Crippen LogP contribution in [0.2, 0.25) is 0 Å². The summed E-state index contributed by atoms with van der Waals surface area (Å²) in [6.07, 6.45) is 0.907. The van der Waals surface area contributed by atoms with E-state index in [0.29, 0.717) is 0 Å². The van der Waals surface area contributed by atoms with Crippen LogP contribution in [0.1, 0.15) is 19.4 Å². The second-order valence-corrected chi connectivity index (χ2v) is 3.94. The zero-order chi connectivity index (χ0) is 9.90. The first-order chi connectivity index (χ1) is 6.03. The highest BCUT2D eigenvalue weighted by atomic mass is 19.1. The Hall–Kier alpha value is -0.890. The molecule has 1 N–H and O–H groups in total. The summed E-state index contributed by atoms with van der Waals surface area (Å²) in [6, 6.07) is 6.66. The molecule has 72 valence electrons. The Kier molecular flexibility index (Phi) is 3.04. The van der Waals surface area contributed by atoms with Gasteiger partial charge in [-0.05, 0) is 45.0 Å². The van der Waals surface area contributed by atoms with Crippen molar-refractivity contribution >= 4 is 0 Å². The van der Waals surface area contributed by atoms with E-state index in [1.165, 1.54) is 12.1 Å². The van der Waals surface area contributed by atoms with Gasteiger partial charge in [-0.2, -0.15) is 0 Å². The fraction of sp³-hybridized carbons (Fsp3) is 0.455. The first kappa shape index (κ1) is 10.2. The van der Waals surface area contributed by atoms with Gasteiger partial charge in [0.1, 0.15) is 5.82 Å². The molecule has 0 aliphatic heterocycles. The molecule has 0 spiro atoms. The van der Waals surface area contributed by atoms with Crippen LogP contribution in [-0.4, -0.2) is 12.6 Å². The summed E-state index contributed by atoms with van der Waals surface area (Å²) < 4.78 is 12.6. The molecule has 0 unspecified atom stereocenters. The molecule has 0 fully saturated rings. The number of benzene rings is 1. The number of hydrogen-bond donors (Lipinski definition) is 1. The van der Waals surface area contributed by atoms with Crippen LogP contribution >= 0.6 is 0 Å². The smallest absolute Gasteiger partial charge is 0.123 e. The predicted octanol–water partition coefficient (Wildman–Crippen LogP) is 2.37. The van der Waals surface area contributed by atoms with Crippen LogP contribution in [0.4, 0.5) is 4.39 Å². The third kappa shape index (κ3) is 3.15. The van der Waals surface area contributed by atoms with Crippen LogP contribution < -0.4 is 5.32 Å². The van der Waals surface area contributed by atoms with E-state index in [1.54, 1.807) is 0 Å². The van der Waals surface area contributed by atoms with Crippen molar-refractivity contribution in [3.8, 4) is 0 Å². The Labute approximate surface area is 79.0 Å². The Morgan fingerprint density at radius 2 is 1.77 bits per heavy atom. The lowest BCUT2D eigenvalue weighted by Crippen LogP contribution is -2.38. The highest BCUT2D eigenvalue weighted by molar-refractivity contribution is 5.18. The highest BCUT2D eigenvalue weighted by Crippen LogP contribution is 2.12. The van der Waals surface area contributed by atoms with Crippen molar-refractivity contribution in [3.05, 3.63) is 35.6 Å². The summed E-state index contributed by atoms with van der Waals surface area (Å²) in [6.45, 7) is 4.24. The fourth-order valence-corrected chi connectivity index (χ4v) is 1.20. The monoisotopic (exact) mass is 181 g/mol. The third-order valence-corrected chi connectivity index (χ3v) is 2.24. The standard InChI is InChI=1S/C11H16FN/c1-11(2,13-3)8-9-4-6-10(12)7-5-9/h4-7,13H,8H2,1-3H3. The highest BCUT2D eigenvalue weighted by Gasteiger charge is 2.14. The molecule has 0 heterocycles. The van der Waals surface area contributed by atoms with Gasteiger partial charge in [0.25, 0.3) is 0 Å². The molecular formula is C11H16FN. The molecule has 0 radical (unpaired) electrons. The van der Waals surface area contributed by atoms with E-state index < -0.39 is 0 Å². The van der Waals surface area contributed by atoms with E-state index in [-0.39, 0.29) is 11.4 Å². The Bertz CT molecular complexity index is 264. The number of nitrogens with one attached hydrogen (secondary N) is 1. The van der Waals surface area contributed by atoms with Gasteiger partial charge in [0.2, 0.25) is 0 Å². The lowest BCUT2D eigenvalue weighted by molar-refractivity contribution is 0.422. The molecule has 13 heavy (non-hydrogen) atoms. The molecule has 1 aromatic carbocycles. The average Bonchev–Trinajstić information content (AvgIpc) is 2.09. The van der Waals surface area contributed by atoms with Gasteiger partial charge in [0, 0.05) is 5.54 Å². The van der Waals surface area contributed by atoms with Crippen LogP contribution in [0.15, 0.2) is 24.3 Å². The summed E-state index contributed by atoms with van der Waals surface area (Å²) in [5.74, 6) is -0.175. The molecule has 0 bridgehead atoms. The zero-order valence-corrected chi connectivity index (χ0v) is 8.39. The topological polar surface area (TPSA) is 12.0 Å². The van der Waals surface area contributed by atoms with E-state index in [1.807, 2.05) is 19.2 Å². The zero-order valence-electron chi connectivity index (χ0n) is 8.39. The fourth-order valence-electron chi connectivity index (χ4n) is 1.20. The van der Waals surface area contributed by atoms with Crippen molar-refractivity contribution in [1.29, 1.82) is 0 Å². The van der Waals surface area contributed by atoms with Gasteiger partial charge in [0.15, 0.2) is 0 Å². The van der Waals surface area contributed by atoms with Gasteiger partial charge in [-0.1, -0.05) is 12.1 Å². The minimum absolute atomic E-state index is 0.0673. The van der Waals surface area contributed by atoms with E-state index in [9.17, 15) is 4.39 Å². The van der Waals surface area contributed by atoms with Crippen molar-refractivity contribution < 1.29 is 4.39 Å². The Morgan fingerprint density at radius 1 is 1.23 bits per heavy atom. The summed E-state index contributed by atoms with van der Waals surface area (Å²) in [7, 11) is 1.93. The maximum absolute atomic E-state index is 12.6. The van der Waals surface area contributed by atoms with Gasteiger partial charge < -0.3 is 5.32 Å². The second kappa shape index (κ2) is 3.88. The molecule has 0 atom stereocenters. The number of likely N-dealkylation sites (N-methyl/N-ethyl adjacent to an activating group) is 1. The van der Waals surface area contributed by atoms with Crippen molar-refractivity contribution in [1.82, 2.24) is 5.32 Å². The summed E-state index contributed by atoms with van der Waals surface area (Å²) in [5, 5.41) is 3.21. The first-order valence-electron chi connectivity index (χ1n) is 4.47. The number of halogens is 1. The largest absolute Gasteiger partial charge is 0.314 e. The van der Waals surface area contributed by atoms with Gasteiger partial charge in [-0.15, -0.1) is 0 Å². The second-order valence-electron chi connectivity index (χ2n) is 3.94. The molecule has 0 aromatic heterocycles. The van der Waals surface area contributed by atoms with E-state index in [2.05, 4.69) is 19.2 Å². The van der Waals surface area contributed by atoms with Gasteiger partial charge in [0.05, 0.1) is 0 Å². The molecule has 0 saturated carbocycles. The maximum atomic E-state index is 12.6. The van der Waals surface area contributed by atoms with Crippen molar-refractivity contribution in [2.75, 3.05) is 7.05 Å². The number of rotatable bonds is 3. The van der Waals surface area contributed by atoms with Gasteiger partial charge in [-0.3, -0.25) is 0 Å². The Morgan fingerprint density at radius 3 is 2.23 bits per heavy atom. The summed E-state index contributed by atoms with van der Waals surface area (Å²) in [5.41, 5.74) is 1.22. The minimum Gasteiger partial charge on any atom is -0.314 e. The molecule has 0 aliphatic carbocycles. The third-order valence-electron chi connectivity index (χ3n) is 2.24. The van der Waals surface area contributed by atoms with Crippen LogP contribution in [0, 0.1) is 5.82 Å². The molecule has 1 rings (SSSR count). The summed E-state index contributed by atoms with van der Waals surface area (Å²) >= 11 is 0. The van der Waals surface area contributed by atoms with Gasteiger partial charge in [-0.25, -0.2) is 4.39 Å². The van der Waals surface area contributed by atoms with Crippen molar-refractivity contribution in [2.24, 2.45) is 0 Å². The molecule has 0 aliphatic rings. The average molecular weight is 181 g/mol. The quantitative estimate of drug-likeness (QED) is 0.754. The Balaban J connectivity index is 2.69. The summed E-state index contributed by atoms with van der Waals surface area (Å²) in [4.78, 5) is 0. The van der Waals surface area contributed by atoms with Crippen LogP contribution in [0.3, 0.4) is 0 Å². The maximum Gasteiger partial charge on any atom is 0.123 e. The van der Waals surface area contributed by atoms with E-state index >= 15 is 0 Å². The van der Waals surface area contributed by atoms with Crippen LogP contribution in [-0.2, 0) is 6.42 Å². The van der Waals surface area contributed by atoms with Crippen LogP contribution in [0.5, 0.6) is 0 Å². The predicted molar refractivity (Wildman–Crippen MR) is 53.2 cm³/mol. The lowest BCUT2D eigenvalue weighted by atomic mass is 9.95. The molecule has 1 aromatic rings. The van der Waals surface area contributed by atoms with Crippen LogP contribution in [0.25, 0.3) is 0 Å². The first-order valence-corrected chi connectivity index (χ1v) is 4.47. The number of hydrogen-bond acceptors (Lipinski definition) is 1. The van der Waals surface area contributed by atoms with E-state index in [0.717, 1.165) is 12.0 Å². The van der Waals surface area contributed by atoms with Crippen molar-refractivity contribution in [2.45, 2.75) is 25.8 Å². The minimum atomic E-state index is -0.175. The molecule has 0 saturated heterocycles. The molecular weight excluding hydrogens is 165 g/mol. The molecule has 0 amide bonds. The molecule has 2 heteroatoms. The SMILES string of the molecule is CNC(C)(C)Cc1ccc(F)cc1. The van der Waals surface area contributed by atoms with E-state index in [4.69, 9.17) is 0 Å². The lowest BCUT2D eigenvalue weighted by Gasteiger charge is -2.23. The van der Waals surface area contributed by atoms with Gasteiger partial charge >= 0.3 is 0 Å². The van der Waals surface area contributed by atoms with Crippen molar-refractivity contribution in [3.63, 3.8) is 0 Å². The normalized spacial score (nSPS) is 11.7.